The number of nitrogens with one attached hydrogen (secondary N) is 1. The fraction of sp³-hybridized carbons (Fsp3) is 0.0500. The zero-order valence-electron chi connectivity index (χ0n) is 13.6. The number of rotatable bonds is 4. The molecule has 5 heteroatoms. The summed E-state index contributed by atoms with van der Waals surface area (Å²) in [5, 5.41) is 2.68. The van der Waals surface area contributed by atoms with Gasteiger partial charge in [0, 0.05) is 11.8 Å². The van der Waals surface area contributed by atoms with Crippen LogP contribution < -0.4 is 10.2 Å². The Morgan fingerprint density at radius 3 is 2.40 bits per heavy atom. The topological polar surface area (TPSA) is 66.5 Å². The molecule has 0 saturated heterocycles. The second kappa shape index (κ2) is 6.97. The van der Waals surface area contributed by atoms with Crippen molar-refractivity contribution >= 4 is 29.1 Å². The van der Waals surface area contributed by atoms with Crippen molar-refractivity contribution in [2.75, 3.05) is 10.2 Å². The molecule has 0 aromatic heterocycles. The highest BCUT2D eigenvalue weighted by molar-refractivity contribution is 6.34. The molecule has 1 N–H and O–H groups in total. The fourth-order valence-electron chi connectivity index (χ4n) is 2.57. The van der Waals surface area contributed by atoms with Crippen LogP contribution in [0.15, 0.2) is 72.8 Å². The van der Waals surface area contributed by atoms with Crippen molar-refractivity contribution in [2.24, 2.45) is 0 Å². The smallest absolute Gasteiger partial charge is 0.266 e. The van der Waals surface area contributed by atoms with Crippen molar-refractivity contribution in [2.45, 2.75) is 6.92 Å². The van der Waals surface area contributed by atoms with Gasteiger partial charge in [-0.15, -0.1) is 0 Å². The van der Waals surface area contributed by atoms with Gasteiger partial charge in [-0.25, -0.2) is 4.90 Å². The van der Waals surface area contributed by atoms with Crippen LogP contribution in [0.2, 0.25) is 0 Å². The molecule has 3 amide bonds. The van der Waals surface area contributed by atoms with Crippen LogP contribution in [0.5, 0.6) is 0 Å². The molecule has 0 saturated carbocycles. The van der Waals surface area contributed by atoms with Crippen LogP contribution >= 0.6 is 0 Å². The minimum Gasteiger partial charge on any atom is -0.322 e. The molecule has 2 aromatic rings. The molecule has 3 rings (SSSR count). The van der Waals surface area contributed by atoms with Crippen LogP contribution in [-0.4, -0.2) is 17.7 Å². The summed E-state index contributed by atoms with van der Waals surface area (Å²) in [7, 11) is 0. The molecule has 0 bridgehead atoms. The maximum atomic E-state index is 12.6. The summed E-state index contributed by atoms with van der Waals surface area (Å²) in [5.74, 6) is -1.07. The average molecular weight is 332 g/mol. The molecule has 1 heterocycles. The number of fused-ring (bicyclic) bond motifs is 1. The summed E-state index contributed by atoms with van der Waals surface area (Å²) in [5.41, 5.74) is 1.60. The lowest BCUT2D eigenvalue weighted by molar-refractivity contribution is -0.111. The van der Waals surface area contributed by atoms with Crippen LogP contribution in [0.1, 0.15) is 27.6 Å². The molecule has 0 unspecified atom stereocenters. The first-order valence-corrected chi connectivity index (χ1v) is 7.80. The first kappa shape index (κ1) is 16.4. The zero-order valence-corrected chi connectivity index (χ0v) is 13.6. The van der Waals surface area contributed by atoms with Crippen LogP contribution in [0.3, 0.4) is 0 Å². The highest BCUT2D eigenvalue weighted by atomic mass is 16.2. The van der Waals surface area contributed by atoms with Crippen molar-refractivity contribution in [1.82, 2.24) is 0 Å². The van der Waals surface area contributed by atoms with Gasteiger partial charge in [0.2, 0.25) is 5.91 Å². The predicted molar refractivity (Wildman–Crippen MR) is 96.6 cm³/mol. The number of anilines is 2. The van der Waals surface area contributed by atoms with Gasteiger partial charge in [0.25, 0.3) is 11.8 Å². The van der Waals surface area contributed by atoms with Gasteiger partial charge < -0.3 is 5.32 Å². The van der Waals surface area contributed by atoms with Gasteiger partial charge in [0.1, 0.15) is 0 Å². The van der Waals surface area contributed by atoms with Crippen LogP contribution in [0.25, 0.3) is 0 Å². The van der Waals surface area contributed by atoms with Gasteiger partial charge in [-0.3, -0.25) is 14.4 Å². The fourth-order valence-corrected chi connectivity index (χ4v) is 2.57. The first-order chi connectivity index (χ1) is 12.1. The Kier molecular flexibility index (Phi) is 4.57. The minimum absolute atomic E-state index is 0.282. The number of carbonyl (C=O) groups is 3. The summed E-state index contributed by atoms with van der Waals surface area (Å²) in [4.78, 5) is 38.1. The maximum Gasteiger partial charge on any atom is 0.266 e. The lowest BCUT2D eigenvalue weighted by Gasteiger charge is -2.13. The number of amides is 3. The summed E-state index contributed by atoms with van der Waals surface area (Å²) in [6.45, 7) is 1.85. The average Bonchev–Trinajstić information content (AvgIpc) is 2.86. The second-order valence-corrected chi connectivity index (χ2v) is 5.42. The Hall–Kier alpha value is -3.47. The first-order valence-electron chi connectivity index (χ1n) is 7.80. The van der Waals surface area contributed by atoms with E-state index >= 15 is 0 Å². The van der Waals surface area contributed by atoms with E-state index in [0.29, 0.717) is 16.9 Å². The van der Waals surface area contributed by atoms with Crippen molar-refractivity contribution in [3.63, 3.8) is 0 Å². The van der Waals surface area contributed by atoms with Crippen molar-refractivity contribution in [3.05, 3.63) is 84.0 Å². The van der Waals surface area contributed by atoms with E-state index in [1.54, 1.807) is 48.6 Å². The quantitative estimate of drug-likeness (QED) is 0.529. The van der Waals surface area contributed by atoms with E-state index in [1.165, 1.54) is 12.1 Å². The summed E-state index contributed by atoms with van der Waals surface area (Å²) in [6, 6.07) is 13.5. The molecule has 25 heavy (non-hydrogen) atoms. The number of benzene rings is 2. The Morgan fingerprint density at radius 2 is 1.68 bits per heavy atom. The van der Waals surface area contributed by atoms with E-state index in [2.05, 4.69) is 5.32 Å². The Bertz CT molecular complexity index is 898. The van der Waals surface area contributed by atoms with E-state index in [0.717, 1.165) is 4.90 Å². The molecule has 0 spiro atoms. The van der Waals surface area contributed by atoms with Gasteiger partial charge in [-0.1, -0.05) is 36.4 Å². The highest BCUT2D eigenvalue weighted by Crippen LogP contribution is 2.29. The molecule has 124 valence electrons. The second-order valence-electron chi connectivity index (χ2n) is 5.42. The van der Waals surface area contributed by atoms with Crippen LogP contribution in [0.4, 0.5) is 11.4 Å². The molecule has 0 atom stereocenters. The number of para-hydroxylation sites is 1. The Balaban J connectivity index is 1.86. The predicted octanol–water partition coefficient (Wildman–Crippen LogP) is 3.56. The number of allylic oxidation sites excluding steroid dienone is 3. The summed E-state index contributed by atoms with van der Waals surface area (Å²) in [6.07, 6.45) is 6.55. The van der Waals surface area contributed by atoms with E-state index in [1.807, 2.05) is 19.1 Å². The molecule has 0 aliphatic carbocycles. The molecule has 1 aliphatic heterocycles. The third kappa shape index (κ3) is 3.26. The van der Waals surface area contributed by atoms with Gasteiger partial charge in [0.05, 0.1) is 16.8 Å². The van der Waals surface area contributed by atoms with Crippen molar-refractivity contribution in [3.8, 4) is 0 Å². The third-order valence-electron chi connectivity index (χ3n) is 3.72. The SMILES string of the molecule is CC=CC=CC(=O)Nc1ccc2c(c1)C(=O)N(c1ccccc1)C2=O. The molecule has 1 aliphatic rings. The van der Waals surface area contributed by atoms with Gasteiger partial charge in [0.15, 0.2) is 0 Å². The minimum atomic E-state index is -0.397. The molecule has 0 fully saturated rings. The number of imide groups is 1. The van der Waals surface area contributed by atoms with Crippen molar-refractivity contribution < 1.29 is 14.4 Å². The summed E-state index contributed by atoms with van der Waals surface area (Å²) >= 11 is 0. The number of carbonyl (C=O) groups excluding carboxylic acids is 3. The molecular weight excluding hydrogens is 316 g/mol. The Morgan fingerprint density at radius 1 is 0.960 bits per heavy atom. The zero-order chi connectivity index (χ0) is 17.8. The maximum absolute atomic E-state index is 12.6. The number of nitrogens with zero attached hydrogens (tertiary/aromatic N) is 1. The van der Waals surface area contributed by atoms with Gasteiger partial charge >= 0.3 is 0 Å². The van der Waals surface area contributed by atoms with E-state index in [4.69, 9.17) is 0 Å². The normalized spacial score (nSPS) is 13.7. The number of hydrogen-bond acceptors (Lipinski definition) is 3. The molecule has 2 aromatic carbocycles. The van der Waals surface area contributed by atoms with E-state index in [-0.39, 0.29) is 17.4 Å². The molecule has 5 nitrogen and oxygen atoms in total. The monoisotopic (exact) mass is 332 g/mol. The van der Waals surface area contributed by atoms with E-state index in [9.17, 15) is 14.4 Å². The Labute approximate surface area is 145 Å². The highest BCUT2D eigenvalue weighted by Gasteiger charge is 2.36. The third-order valence-corrected chi connectivity index (χ3v) is 3.72. The van der Waals surface area contributed by atoms with E-state index < -0.39 is 5.91 Å². The standard InChI is InChI=1S/C20H16N2O3/c1-2-3-5-10-18(23)21-14-11-12-16-17(13-14)20(25)22(19(16)24)15-8-6-4-7-9-15/h2-13H,1H3,(H,21,23). The lowest BCUT2D eigenvalue weighted by Crippen LogP contribution is -2.29. The van der Waals surface area contributed by atoms with Crippen molar-refractivity contribution in [1.29, 1.82) is 0 Å². The number of hydrogen-bond donors (Lipinski definition) is 1. The lowest BCUT2D eigenvalue weighted by atomic mass is 10.1. The van der Waals surface area contributed by atoms with Crippen LogP contribution in [0, 0.1) is 0 Å². The van der Waals surface area contributed by atoms with Crippen LogP contribution in [-0.2, 0) is 4.79 Å². The van der Waals surface area contributed by atoms with Gasteiger partial charge in [-0.2, -0.15) is 0 Å². The largest absolute Gasteiger partial charge is 0.322 e. The molecule has 0 radical (unpaired) electrons. The summed E-state index contributed by atoms with van der Waals surface area (Å²) < 4.78 is 0. The van der Waals surface area contributed by atoms with Gasteiger partial charge in [-0.05, 0) is 37.3 Å². The molecular formula is C20H16N2O3.